The first-order chi connectivity index (χ1) is 15.5. The van der Waals surface area contributed by atoms with E-state index in [4.69, 9.17) is 14.5 Å². The molecule has 1 aliphatic heterocycles. The number of hydrogen-bond acceptors (Lipinski definition) is 4. The van der Waals surface area contributed by atoms with Crippen LogP contribution in [0.25, 0.3) is 0 Å². The van der Waals surface area contributed by atoms with Crippen molar-refractivity contribution in [2.75, 3.05) is 19.1 Å². The largest absolute Gasteiger partial charge is 0.497 e. The molecule has 1 amide bonds. The molecule has 0 N–H and O–H groups in total. The summed E-state index contributed by atoms with van der Waals surface area (Å²) in [7, 11) is 3.25. The first kappa shape index (κ1) is 21.6. The smallest absolute Gasteiger partial charge is 0.273 e. The van der Waals surface area contributed by atoms with Crippen LogP contribution in [0.3, 0.4) is 0 Å². The highest BCUT2D eigenvalue weighted by Crippen LogP contribution is 2.38. The Morgan fingerprint density at radius 3 is 2.22 bits per heavy atom. The van der Waals surface area contributed by atoms with Crippen molar-refractivity contribution in [2.24, 2.45) is 4.99 Å². The van der Waals surface area contributed by atoms with Crippen molar-refractivity contribution in [2.45, 2.75) is 32.2 Å². The summed E-state index contributed by atoms with van der Waals surface area (Å²) in [5.41, 5.74) is 4.38. The fraction of sp³-hybridized carbons (Fsp3) is 0.259. The molecule has 3 aromatic rings. The van der Waals surface area contributed by atoms with Crippen LogP contribution in [0.5, 0.6) is 11.5 Å². The van der Waals surface area contributed by atoms with Gasteiger partial charge in [0, 0.05) is 24.2 Å². The minimum absolute atomic E-state index is 0.0981. The number of nitrogens with zero attached hydrogens (tertiary/aromatic N) is 2. The van der Waals surface area contributed by atoms with Gasteiger partial charge in [-0.15, -0.1) is 0 Å². The van der Waals surface area contributed by atoms with Crippen LogP contribution in [0.2, 0.25) is 0 Å². The van der Waals surface area contributed by atoms with Gasteiger partial charge in [-0.3, -0.25) is 9.69 Å². The van der Waals surface area contributed by atoms with Crippen LogP contribution in [0.15, 0.2) is 77.8 Å². The van der Waals surface area contributed by atoms with Gasteiger partial charge in [-0.2, -0.15) is 0 Å². The third-order valence-corrected chi connectivity index (χ3v) is 5.80. The Morgan fingerprint density at radius 2 is 1.56 bits per heavy atom. The molecule has 0 spiro atoms. The normalized spacial score (nSPS) is 17.3. The molecule has 0 aromatic heterocycles. The standard InChI is InChI=1S/C27H28N2O3/c1-18(2)19-11-13-20(14-12-19)26-17-25(28-21-7-5-9-23(15-21)31-3)27(30)29(26)22-8-6-10-24(16-22)32-4/h5-16,18,26H,17H2,1-4H3. The van der Waals surface area contributed by atoms with E-state index in [-0.39, 0.29) is 11.9 Å². The molecule has 1 unspecified atom stereocenters. The van der Waals surface area contributed by atoms with E-state index in [1.165, 1.54) is 5.56 Å². The predicted molar refractivity (Wildman–Crippen MR) is 128 cm³/mol. The fourth-order valence-corrected chi connectivity index (χ4v) is 4.00. The van der Waals surface area contributed by atoms with Gasteiger partial charge in [0.05, 0.1) is 25.9 Å². The molecule has 0 saturated carbocycles. The van der Waals surface area contributed by atoms with Gasteiger partial charge in [0.2, 0.25) is 0 Å². The van der Waals surface area contributed by atoms with Gasteiger partial charge in [-0.05, 0) is 41.3 Å². The molecule has 1 heterocycles. The summed E-state index contributed by atoms with van der Waals surface area (Å²) in [6.07, 6.45) is 0.522. The average molecular weight is 429 g/mol. The van der Waals surface area contributed by atoms with E-state index in [9.17, 15) is 4.79 Å². The van der Waals surface area contributed by atoms with Crippen molar-refractivity contribution >= 4 is 23.0 Å². The number of benzene rings is 3. The summed E-state index contributed by atoms with van der Waals surface area (Å²) >= 11 is 0. The number of carbonyl (C=O) groups is 1. The zero-order valence-electron chi connectivity index (χ0n) is 18.9. The lowest BCUT2D eigenvalue weighted by molar-refractivity contribution is -0.112. The summed E-state index contributed by atoms with van der Waals surface area (Å²) in [6.45, 7) is 4.35. The quantitative estimate of drug-likeness (QED) is 0.478. The van der Waals surface area contributed by atoms with Crippen molar-refractivity contribution in [3.63, 3.8) is 0 Å². The molecule has 1 aliphatic rings. The summed E-state index contributed by atoms with van der Waals surface area (Å²) < 4.78 is 10.7. The van der Waals surface area contributed by atoms with Crippen molar-refractivity contribution in [3.05, 3.63) is 83.9 Å². The maximum absolute atomic E-state index is 13.5. The zero-order chi connectivity index (χ0) is 22.7. The van der Waals surface area contributed by atoms with Crippen LogP contribution in [0.1, 0.15) is 43.4 Å². The Morgan fingerprint density at radius 1 is 0.906 bits per heavy atom. The number of amides is 1. The Labute approximate surface area is 189 Å². The van der Waals surface area contributed by atoms with E-state index < -0.39 is 0 Å². The second-order valence-electron chi connectivity index (χ2n) is 8.18. The van der Waals surface area contributed by atoms with Gasteiger partial charge in [0.1, 0.15) is 17.2 Å². The topological polar surface area (TPSA) is 51.1 Å². The Hall–Kier alpha value is -3.60. The maximum atomic E-state index is 13.5. The fourth-order valence-electron chi connectivity index (χ4n) is 4.00. The van der Waals surface area contributed by atoms with Crippen LogP contribution in [-0.2, 0) is 4.79 Å². The number of hydrogen-bond donors (Lipinski definition) is 0. The number of methoxy groups -OCH3 is 2. The highest BCUT2D eigenvalue weighted by atomic mass is 16.5. The molecular formula is C27H28N2O3. The first-order valence-corrected chi connectivity index (χ1v) is 10.8. The minimum atomic E-state index is -0.139. The van der Waals surface area contributed by atoms with Gasteiger partial charge in [0.15, 0.2) is 0 Å². The van der Waals surface area contributed by atoms with Gasteiger partial charge < -0.3 is 9.47 Å². The summed E-state index contributed by atoms with van der Waals surface area (Å²) in [5.74, 6) is 1.78. The average Bonchev–Trinajstić information content (AvgIpc) is 3.15. The van der Waals surface area contributed by atoms with Crippen LogP contribution < -0.4 is 14.4 Å². The van der Waals surface area contributed by atoms with Crippen molar-refractivity contribution in [3.8, 4) is 11.5 Å². The molecule has 1 saturated heterocycles. The van der Waals surface area contributed by atoms with E-state index in [0.29, 0.717) is 35.2 Å². The first-order valence-electron chi connectivity index (χ1n) is 10.8. The molecule has 1 fully saturated rings. The summed E-state index contributed by atoms with van der Waals surface area (Å²) in [4.78, 5) is 20.1. The number of ether oxygens (including phenoxy) is 2. The lowest BCUT2D eigenvalue weighted by Gasteiger charge is -2.25. The molecule has 0 bridgehead atoms. The van der Waals surface area contributed by atoms with Gasteiger partial charge in [-0.1, -0.05) is 50.2 Å². The second-order valence-corrected chi connectivity index (χ2v) is 8.18. The number of carbonyl (C=O) groups excluding carboxylic acids is 1. The van der Waals surface area contributed by atoms with Crippen molar-refractivity contribution < 1.29 is 14.3 Å². The molecule has 164 valence electrons. The van der Waals surface area contributed by atoms with Crippen LogP contribution in [0, 0.1) is 0 Å². The van der Waals surface area contributed by atoms with Crippen LogP contribution in [0.4, 0.5) is 11.4 Å². The molecule has 1 atom stereocenters. The number of aliphatic imine (C=N–C) groups is 1. The highest BCUT2D eigenvalue weighted by Gasteiger charge is 2.38. The van der Waals surface area contributed by atoms with Crippen LogP contribution in [-0.4, -0.2) is 25.8 Å². The number of rotatable bonds is 6. The Kier molecular flexibility index (Phi) is 6.26. The van der Waals surface area contributed by atoms with E-state index in [1.54, 1.807) is 14.2 Å². The Balaban J connectivity index is 1.76. The molecule has 0 radical (unpaired) electrons. The molecule has 3 aromatic carbocycles. The maximum Gasteiger partial charge on any atom is 0.273 e. The molecule has 0 aliphatic carbocycles. The lowest BCUT2D eigenvalue weighted by Crippen LogP contribution is -2.29. The SMILES string of the molecule is COc1cccc(N=C2CC(c3ccc(C(C)C)cc3)N(c3cccc(OC)c3)C2=O)c1. The van der Waals surface area contributed by atoms with Crippen LogP contribution >= 0.6 is 0 Å². The summed E-state index contributed by atoms with van der Waals surface area (Å²) in [6, 6.07) is 23.4. The van der Waals surface area contributed by atoms with Gasteiger partial charge >= 0.3 is 0 Å². The third-order valence-electron chi connectivity index (χ3n) is 5.80. The zero-order valence-corrected chi connectivity index (χ0v) is 18.9. The molecule has 32 heavy (non-hydrogen) atoms. The minimum Gasteiger partial charge on any atom is -0.497 e. The van der Waals surface area contributed by atoms with Crippen molar-refractivity contribution in [1.82, 2.24) is 0 Å². The van der Waals surface area contributed by atoms with Crippen molar-refractivity contribution in [1.29, 1.82) is 0 Å². The highest BCUT2D eigenvalue weighted by molar-refractivity contribution is 6.46. The molecule has 5 nitrogen and oxygen atoms in total. The number of anilines is 1. The molecule has 4 rings (SSSR count). The van der Waals surface area contributed by atoms with Gasteiger partial charge in [-0.25, -0.2) is 4.99 Å². The summed E-state index contributed by atoms with van der Waals surface area (Å²) in [5, 5.41) is 0. The van der Waals surface area contributed by atoms with E-state index >= 15 is 0 Å². The van der Waals surface area contributed by atoms with E-state index in [0.717, 1.165) is 11.3 Å². The Bertz CT molecular complexity index is 1140. The van der Waals surface area contributed by atoms with E-state index in [1.807, 2.05) is 53.4 Å². The molecular weight excluding hydrogens is 400 g/mol. The van der Waals surface area contributed by atoms with E-state index in [2.05, 4.69) is 38.1 Å². The monoisotopic (exact) mass is 428 g/mol. The molecule has 5 heteroatoms. The van der Waals surface area contributed by atoms with Gasteiger partial charge in [0.25, 0.3) is 5.91 Å². The second kappa shape index (κ2) is 9.27. The lowest BCUT2D eigenvalue weighted by atomic mass is 9.97. The third kappa shape index (κ3) is 4.37. The predicted octanol–water partition coefficient (Wildman–Crippen LogP) is 6.08.